The summed E-state index contributed by atoms with van der Waals surface area (Å²) in [6.07, 6.45) is 4.89. The summed E-state index contributed by atoms with van der Waals surface area (Å²) in [7, 11) is 0. The van der Waals surface area contributed by atoms with Crippen LogP contribution in [0, 0.1) is 0 Å². The molecular formula is C17H24N2O2. The van der Waals surface area contributed by atoms with E-state index in [1.54, 1.807) is 0 Å². The molecule has 1 atom stereocenters. The molecule has 1 aromatic rings. The van der Waals surface area contributed by atoms with E-state index in [-0.39, 0.29) is 6.54 Å². The Balaban J connectivity index is 1.64. The molecule has 0 amide bonds. The third kappa shape index (κ3) is 4.05. The van der Waals surface area contributed by atoms with E-state index in [0.29, 0.717) is 12.1 Å². The van der Waals surface area contributed by atoms with E-state index >= 15 is 0 Å². The van der Waals surface area contributed by atoms with Crippen molar-refractivity contribution in [3.63, 3.8) is 0 Å². The van der Waals surface area contributed by atoms with Gasteiger partial charge >= 0.3 is 5.97 Å². The predicted molar refractivity (Wildman–Crippen MR) is 82.1 cm³/mol. The Bertz CT molecular complexity index is 473. The maximum atomic E-state index is 10.9. The SMILES string of the molecule is O=C(O)CN1CCC[C@H](N(Cc2ccccc2)C2CC2)C1. The van der Waals surface area contributed by atoms with E-state index in [9.17, 15) is 4.79 Å². The summed E-state index contributed by atoms with van der Waals surface area (Å²) in [5.74, 6) is -0.711. The molecule has 0 radical (unpaired) electrons. The number of piperidine rings is 1. The van der Waals surface area contributed by atoms with Gasteiger partial charge in [-0.3, -0.25) is 14.6 Å². The number of rotatable bonds is 6. The first kappa shape index (κ1) is 14.5. The standard InChI is InChI=1S/C17H24N2O2/c20-17(21)13-18-10-4-7-16(12-18)19(15-8-9-15)11-14-5-2-1-3-6-14/h1-3,5-6,15-16H,4,7-13H2,(H,20,21)/t16-/m0/s1. The van der Waals surface area contributed by atoms with Gasteiger partial charge in [-0.05, 0) is 37.8 Å². The van der Waals surface area contributed by atoms with E-state index in [0.717, 1.165) is 26.1 Å². The van der Waals surface area contributed by atoms with Crippen molar-refractivity contribution >= 4 is 5.97 Å². The van der Waals surface area contributed by atoms with Crippen LogP contribution in [0.3, 0.4) is 0 Å². The fraction of sp³-hybridized carbons (Fsp3) is 0.588. The Kier molecular flexibility index (Phi) is 4.56. The molecular weight excluding hydrogens is 264 g/mol. The van der Waals surface area contributed by atoms with Crippen LogP contribution in [-0.4, -0.2) is 52.6 Å². The molecule has 0 aromatic heterocycles. The highest BCUT2D eigenvalue weighted by molar-refractivity contribution is 5.69. The second-order valence-corrected chi connectivity index (χ2v) is 6.31. The summed E-state index contributed by atoms with van der Waals surface area (Å²) in [5, 5.41) is 8.99. The number of carboxylic acid groups (broad SMARTS) is 1. The second kappa shape index (κ2) is 6.58. The third-order valence-corrected chi connectivity index (χ3v) is 4.53. The summed E-state index contributed by atoms with van der Waals surface area (Å²) in [5.41, 5.74) is 1.36. The van der Waals surface area contributed by atoms with Crippen LogP contribution in [-0.2, 0) is 11.3 Å². The topological polar surface area (TPSA) is 43.8 Å². The van der Waals surface area contributed by atoms with Gasteiger partial charge in [0.15, 0.2) is 0 Å². The molecule has 21 heavy (non-hydrogen) atoms. The summed E-state index contributed by atoms with van der Waals surface area (Å²) >= 11 is 0. The average molecular weight is 288 g/mol. The lowest BCUT2D eigenvalue weighted by Crippen LogP contribution is -2.49. The molecule has 4 nitrogen and oxygen atoms in total. The Morgan fingerprint density at radius 3 is 2.62 bits per heavy atom. The molecule has 0 bridgehead atoms. The molecule has 0 spiro atoms. The minimum Gasteiger partial charge on any atom is -0.480 e. The van der Waals surface area contributed by atoms with Crippen LogP contribution in [0.25, 0.3) is 0 Å². The van der Waals surface area contributed by atoms with Crippen molar-refractivity contribution in [2.45, 2.75) is 44.3 Å². The zero-order valence-electron chi connectivity index (χ0n) is 12.4. The fourth-order valence-electron chi connectivity index (χ4n) is 3.39. The first-order valence-electron chi connectivity index (χ1n) is 7.96. The normalized spacial score (nSPS) is 23.4. The quantitative estimate of drug-likeness (QED) is 0.871. The molecule has 114 valence electrons. The smallest absolute Gasteiger partial charge is 0.317 e. The molecule has 1 saturated heterocycles. The number of carboxylic acids is 1. The van der Waals surface area contributed by atoms with Gasteiger partial charge in [-0.2, -0.15) is 0 Å². The van der Waals surface area contributed by atoms with Crippen molar-refractivity contribution in [1.82, 2.24) is 9.80 Å². The first-order valence-corrected chi connectivity index (χ1v) is 7.96. The van der Waals surface area contributed by atoms with Gasteiger partial charge in [0.1, 0.15) is 0 Å². The molecule has 2 fully saturated rings. The van der Waals surface area contributed by atoms with Crippen LogP contribution < -0.4 is 0 Å². The molecule has 1 heterocycles. The first-order chi connectivity index (χ1) is 10.2. The van der Waals surface area contributed by atoms with E-state index in [1.807, 2.05) is 0 Å². The molecule has 4 heteroatoms. The van der Waals surface area contributed by atoms with E-state index in [1.165, 1.54) is 24.8 Å². The van der Waals surface area contributed by atoms with Gasteiger partial charge in [0.25, 0.3) is 0 Å². The lowest BCUT2D eigenvalue weighted by Gasteiger charge is -2.39. The van der Waals surface area contributed by atoms with E-state index in [2.05, 4.69) is 40.1 Å². The number of likely N-dealkylation sites (tertiary alicyclic amines) is 1. The molecule has 2 aliphatic rings. The van der Waals surface area contributed by atoms with E-state index < -0.39 is 5.97 Å². The van der Waals surface area contributed by atoms with Crippen LogP contribution in [0.4, 0.5) is 0 Å². The highest BCUT2D eigenvalue weighted by atomic mass is 16.4. The Labute approximate surface area is 126 Å². The maximum Gasteiger partial charge on any atom is 0.317 e. The van der Waals surface area contributed by atoms with Gasteiger partial charge in [0.05, 0.1) is 6.54 Å². The number of hydrogen-bond acceptors (Lipinski definition) is 3. The number of benzene rings is 1. The molecule has 1 saturated carbocycles. The highest BCUT2D eigenvalue weighted by Crippen LogP contribution is 2.32. The summed E-state index contributed by atoms with van der Waals surface area (Å²) in [6.45, 7) is 3.00. The predicted octanol–water partition coefficient (Wildman–Crippen LogP) is 2.20. The third-order valence-electron chi connectivity index (χ3n) is 4.53. The van der Waals surface area contributed by atoms with Gasteiger partial charge in [0.2, 0.25) is 0 Å². The molecule has 1 aliphatic heterocycles. The van der Waals surface area contributed by atoms with Gasteiger partial charge < -0.3 is 5.11 Å². The molecule has 0 unspecified atom stereocenters. The molecule has 1 aromatic carbocycles. The zero-order chi connectivity index (χ0) is 14.7. The second-order valence-electron chi connectivity index (χ2n) is 6.31. The van der Waals surface area contributed by atoms with E-state index in [4.69, 9.17) is 5.11 Å². The summed E-state index contributed by atoms with van der Waals surface area (Å²) in [6, 6.07) is 11.8. The summed E-state index contributed by atoms with van der Waals surface area (Å²) in [4.78, 5) is 15.6. The monoisotopic (exact) mass is 288 g/mol. The van der Waals surface area contributed by atoms with Gasteiger partial charge in [-0.15, -0.1) is 0 Å². The minimum absolute atomic E-state index is 0.181. The van der Waals surface area contributed by atoms with Gasteiger partial charge in [0, 0.05) is 25.2 Å². The largest absolute Gasteiger partial charge is 0.480 e. The number of hydrogen-bond donors (Lipinski definition) is 1. The average Bonchev–Trinajstić information content (AvgIpc) is 3.30. The van der Waals surface area contributed by atoms with Crippen molar-refractivity contribution in [2.75, 3.05) is 19.6 Å². The number of aliphatic carboxylic acids is 1. The van der Waals surface area contributed by atoms with Crippen LogP contribution in [0.1, 0.15) is 31.2 Å². The van der Waals surface area contributed by atoms with Crippen molar-refractivity contribution in [3.8, 4) is 0 Å². The van der Waals surface area contributed by atoms with Crippen LogP contribution in [0.2, 0.25) is 0 Å². The lowest BCUT2D eigenvalue weighted by molar-refractivity contribution is -0.138. The van der Waals surface area contributed by atoms with Crippen LogP contribution in [0.15, 0.2) is 30.3 Å². The lowest BCUT2D eigenvalue weighted by atomic mass is 10.0. The van der Waals surface area contributed by atoms with Crippen molar-refractivity contribution in [2.24, 2.45) is 0 Å². The molecule has 1 aliphatic carbocycles. The van der Waals surface area contributed by atoms with Crippen LogP contribution in [0.5, 0.6) is 0 Å². The zero-order valence-corrected chi connectivity index (χ0v) is 12.4. The maximum absolute atomic E-state index is 10.9. The van der Waals surface area contributed by atoms with Gasteiger partial charge in [-0.25, -0.2) is 0 Å². The fourth-order valence-corrected chi connectivity index (χ4v) is 3.39. The van der Waals surface area contributed by atoms with Crippen molar-refractivity contribution in [3.05, 3.63) is 35.9 Å². The van der Waals surface area contributed by atoms with Gasteiger partial charge in [-0.1, -0.05) is 30.3 Å². The van der Waals surface area contributed by atoms with Crippen molar-refractivity contribution < 1.29 is 9.90 Å². The Morgan fingerprint density at radius 1 is 1.19 bits per heavy atom. The van der Waals surface area contributed by atoms with Crippen LogP contribution >= 0.6 is 0 Å². The number of carbonyl (C=O) groups is 1. The molecule has 1 N–H and O–H groups in total. The Hall–Kier alpha value is -1.39. The summed E-state index contributed by atoms with van der Waals surface area (Å²) < 4.78 is 0. The number of nitrogens with zero attached hydrogens (tertiary/aromatic N) is 2. The molecule has 3 rings (SSSR count). The highest BCUT2D eigenvalue weighted by Gasteiger charge is 2.36. The van der Waals surface area contributed by atoms with Crippen molar-refractivity contribution in [1.29, 1.82) is 0 Å². The minimum atomic E-state index is -0.711. The Morgan fingerprint density at radius 2 is 1.95 bits per heavy atom.